The average Bonchev–Trinajstić information content (AvgIpc) is 2.70. The zero-order chi connectivity index (χ0) is 14.2. The number of aliphatic hydroxyl groups is 2. The molecule has 1 aromatic rings. The highest BCUT2D eigenvalue weighted by Gasteiger charge is 2.37. The van der Waals surface area contributed by atoms with Crippen LogP contribution in [0.1, 0.15) is 5.56 Å². The quantitative estimate of drug-likeness (QED) is 0.700. The number of nitrogens with two attached hydrogens (primary N) is 1. The van der Waals surface area contributed by atoms with Crippen LogP contribution in [0.5, 0.6) is 0 Å². The molecule has 1 aromatic carbocycles. The maximum absolute atomic E-state index is 12.3. The molecule has 1 aliphatic heterocycles. The van der Waals surface area contributed by atoms with Crippen molar-refractivity contribution in [2.75, 3.05) is 13.1 Å². The van der Waals surface area contributed by atoms with Gasteiger partial charge in [-0.05, 0) is 17.7 Å². The van der Waals surface area contributed by atoms with Crippen LogP contribution in [0.2, 0.25) is 5.02 Å². The smallest absolute Gasteiger partial charge is 0.243 e. The maximum Gasteiger partial charge on any atom is 0.243 e. The molecular weight excluding hydrogens is 292 g/mol. The van der Waals surface area contributed by atoms with Gasteiger partial charge >= 0.3 is 0 Å². The van der Waals surface area contributed by atoms with Crippen molar-refractivity contribution in [1.82, 2.24) is 4.31 Å². The molecule has 0 aliphatic carbocycles. The molecule has 8 heteroatoms. The van der Waals surface area contributed by atoms with Gasteiger partial charge in [-0.1, -0.05) is 17.7 Å². The molecule has 1 saturated heterocycles. The van der Waals surface area contributed by atoms with Gasteiger partial charge in [0.2, 0.25) is 10.0 Å². The third kappa shape index (κ3) is 2.76. The fraction of sp³-hybridized carbons (Fsp3) is 0.455. The van der Waals surface area contributed by atoms with Gasteiger partial charge in [0.05, 0.1) is 17.1 Å². The van der Waals surface area contributed by atoms with Gasteiger partial charge in [-0.2, -0.15) is 4.31 Å². The third-order valence-electron chi connectivity index (χ3n) is 3.11. The molecule has 106 valence electrons. The highest BCUT2D eigenvalue weighted by molar-refractivity contribution is 7.89. The van der Waals surface area contributed by atoms with Gasteiger partial charge in [-0.15, -0.1) is 0 Å². The minimum absolute atomic E-state index is 0.0241. The van der Waals surface area contributed by atoms with Gasteiger partial charge in [-0.25, -0.2) is 8.42 Å². The number of hydrogen-bond donors (Lipinski definition) is 3. The summed E-state index contributed by atoms with van der Waals surface area (Å²) in [6, 6.07) is 4.30. The Hall–Kier alpha value is -0.700. The van der Waals surface area contributed by atoms with Crippen molar-refractivity contribution in [3.8, 4) is 0 Å². The molecule has 1 fully saturated rings. The SMILES string of the molecule is NCc1ccc(S(=O)(=O)N2CC(O)C(O)C2)cc1Cl. The monoisotopic (exact) mass is 306 g/mol. The van der Waals surface area contributed by atoms with Gasteiger partial charge in [0.15, 0.2) is 0 Å². The summed E-state index contributed by atoms with van der Waals surface area (Å²) in [5.74, 6) is 0. The standard InChI is InChI=1S/C11H15ClN2O4S/c12-9-3-8(2-1-7(9)4-13)19(17,18)14-5-10(15)11(16)6-14/h1-3,10-11,15-16H,4-6,13H2. The number of β-amino-alcohol motifs (C(OH)–C–C–N with tert-alkyl or cyclic N) is 2. The largest absolute Gasteiger partial charge is 0.389 e. The molecule has 2 rings (SSSR count). The second-order valence-corrected chi connectivity index (χ2v) is 6.76. The summed E-state index contributed by atoms with van der Waals surface area (Å²) in [5, 5.41) is 19.1. The molecule has 1 aliphatic rings. The Labute approximate surface area is 116 Å². The van der Waals surface area contributed by atoms with E-state index in [1.807, 2.05) is 0 Å². The first-order valence-electron chi connectivity index (χ1n) is 5.71. The first-order chi connectivity index (χ1) is 8.86. The van der Waals surface area contributed by atoms with E-state index in [9.17, 15) is 18.6 Å². The summed E-state index contributed by atoms with van der Waals surface area (Å²) >= 11 is 5.94. The lowest BCUT2D eigenvalue weighted by molar-refractivity contribution is 0.0572. The molecule has 1 heterocycles. The molecule has 0 saturated carbocycles. The number of hydrogen-bond acceptors (Lipinski definition) is 5. The normalized spacial score (nSPS) is 24.8. The Bertz CT molecular complexity index is 568. The number of rotatable bonds is 3. The number of benzene rings is 1. The molecule has 6 nitrogen and oxygen atoms in total. The van der Waals surface area contributed by atoms with Crippen molar-refractivity contribution in [3.63, 3.8) is 0 Å². The van der Waals surface area contributed by atoms with Gasteiger partial charge in [0, 0.05) is 24.7 Å². The van der Waals surface area contributed by atoms with E-state index in [0.29, 0.717) is 5.56 Å². The molecule has 2 atom stereocenters. The lowest BCUT2D eigenvalue weighted by Gasteiger charge is -2.16. The van der Waals surface area contributed by atoms with E-state index in [4.69, 9.17) is 17.3 Å². The Morgan fingerprint density at radius 2 is 1.89 bits per heavy atom. The van der Waals surface area contributed by atoms with E-state index < -0.39 is 22.2 Å². The minimum atomic E-state index is -3.76. The molecule has 4 N–H and O–H groups in total. The van der Waals surface area contributed by atoms with Crippen LogP contribution in [-0.2, 0) is 16.6 Å². The van der Waals surface area contributed by atoms with Crippen molar-refractivity contribution in [1.29, 1.82) is 0 Å². The summed E-state index contributed by atoms with van der Waals surface area (Å²) in [5.41, 5.74) is 6.11. The zero-order valence-electron chi connectivity index (χ0n) is 10.0. The van der Waals surface area contributed by atoms with Gasteiger partial charge in [-0.3, -0.25) is 0 Å². The van der Waals surface area contributed by atoms with Crippen LogP contribution in [0, 0.1) is 0 Å². The average molecular weight is 307 g/mol. The summed E-state index contributed by atoms with van der Waals surface area (Å²) in [6.07, 6.45) is -2.12. The number of aliphatic hydroxyl groups excluding tert-OH is 2. The first-order valence-corrected chi connectivity index (χ1v) is 7.53. The molecule has 0 spiro atoms. The fourth-order valence-electron chi connectivity index (χ4n) is 1.93. The van der Waals surface area contributed by atoms with Crippen LogP contribution in [-0.4, -0.2) is 48.2 Å². The lowest BCUT2D eigenvalue weighted by atomic mass is 10.2. The molecule has 0 amide bonds. The van der Waals surface area contributed by atoms with E-state index in [1.165, 1.54) is 12.1 Å². The summed E-state index contributed by atoms with van der Waals surface area (Å²) in [4.78, 5) is 0.0241. The fourth-order valence-corrected chi connectivity index (χ4v) is 3.76. The summed E-state index contributed by atoms with van der Waals surface area (Å²) in [6.45, 7) is -0.0280. The maximum atomic E-state index is 12.3. The highest BCUT2D eigenvalue weighted by atomic mass is 35.5. The van der Waals surface area contributed by atoms with Crippen molar-refractivity contribution in [3.05, 3.63) is 28.8 Å². The van der Waals surface area contributed by atoms with Crippen molar-refractivity contribution >= 4 is 21.6 Å². The van der Waals surface area contributed by atoms with Crippen LogP contribution in [0.15, 0.2) is 23.1 Å². The van der Waals surface area contributed by atoms with Crippen molar-refractivity contribution in [2.24, 2.45) is 5.73 Å². The third-order valence-corrected chi connectivity index (χ3v) is 5.29. The lowest BCUT2D eigenvalue weighted by Crippen LogP contribution is -2.30. The Balaban J connectivity index is 2.33. The van der Waals surface area contributed by atoms with Gasteiger partial charge in [0.1, 0.15) is 0 Å². The van der Waals surface area contributed by atoms with E-state index in [-0.39, 0.29) is 29.6 Å². The predicted molar refractivity (Wildman–Crippen MR) is 70.1 cm³/mol. The van der Waals surface area contributed by atoms with Gasteiger partial charge in [0.25, 0.3) is 0 Å². The number of sulfonamides is 1. The van der Waals surface area contributed by atoms with E-state index in [0.717, 1.165) is 4.31 Å². The van der Waals surface area contributed by atoms with Crippen LogP contribution in [0.3, 0.4) is 0 Å². The van der Waals surface area contributed by atoms with Crippen LogP contribution in [0.25, 0.3) is 0 Å². The molecule has 0 radical (unpaired) electrons. The van der Waals surface area contributed by atoms with Crippen LogP contribution < -0.4 is 5.73 Å². The first kappa shape index (κ1) is 14.7. The molecule has 0 aromatic heterocycles. The number of nitrogens with zero attached hydrogens (tertiary/aromatic N) is 1. The zero-order valence-corrected chi connectivity index (χ0v) is 11.6. The molecule has 2 unspecified atom stereocenters. The van der Waals surface area contributed by atoms with Crippen molar-refractivity contribution in [2.45, 2.75) is 23.6 Å². The number of halogens is 1. The molecular formula is C11H15ClN2O4S. The molecule has 0 bridgehead atoms. The predicted octanol–water partition coefficient (Wildman–Crippen LogP) is -0.475. The van der Waals surface area contributed by atoms with E-state index in [2.05, 4.69) is 0 Å². The van der Waals surface area contributed by atoms with Crippen LogP contribution >= 0.6 is 11.6 Å². The minimum Gasteiger partial charge on any atom is -0.389 e. The molecule has 19 heavy (non-hydrogen) atoms. The van der Waals surface area contributed by atoms with E-state index >= 15 is 0 Å². The topological polar surface area (TPSA) is 104 Å². The Kier molecular flexibility index (Phi) is 4.14. The second kappa shape index (κ2) is 5.35. The van der Waals surface area contributed by atoms with E-state index in [1.54, 1.807) is 6.07 Å². The van der Waals surface area contributed by atoms with Gasteiger partial charge < -0.3 is 15.9 Å². The summed E-state index contributed by atoms with van der Waals surface area (Å²) in [7, 11) is -3.76. The Morgan fingerprint density at radius 3 is 2.37 bits per heavy atom. The summed E-state index contributed by atoms with van der Waals surface area (Å²) < 4.78 is 25.6. The van der Waals surface area contributed by atoms with Crippen LogP contribution in [0.4, 0.5) is 0 Å². The highest BCUT2D eigenvalue weighted by Crippen LogP contribution is 2.25. The van der Waals surface area contributed by atoms with Crippen molar-refractivity contribution < 1.29 is 18.6 Å². The second-order valence-electron chi connectivity index (χ2n) is 4.41. The Morgan fingerprint density at radius 1 is 1.32 bits per heavy atom.